The van der Waals surface area contributed by atoms with Crippen molar-refractivity contribution in [1.82, 2.24) is 10.1 Å². The van der Waals surface area contributed by atoms with Gasteiger partial charge in [0.2, 0.25) is 11.7 Å². The maximum absolute atomic E-state index is 5.74. The van der Waals surface area contributed by atoms with E-state index in [2.05, 4.69) is 21.5 Å². The highest BCUT2D eigenvalue weighted by Crippen LogP contribution is 2.38. The van der Waals surface area contributed by atoms with Crippen LogP contribution in [-0.2, 0) is 6.42 Å². The summed E-state index contributed by atoms with van der Waals surface area (Å²) < 4.78 is 16.2. The van der Waals surface area contributed by atoms with Crippen LogP contribution in [0.4, 0.5) is 11.4 Å². The highest BCUT2D eigenvalue weighted by Gasteiger charge is 2.17. The Morgan fingerprint density at radius 2 is 1.96 bits per heavy atom. The first-order valence-electron chi connectivity index (χ1n) is 8.24. The molecule has 25 heavy (non-hydrogen) atoms. The fourth-order valence-corrected chi connectivity index (χ4v) is 2.96. The van der Waals surface area contributed by atoms with E-state index in [4.69, 9.17) is 14.0 Å². The quantitative estimate of drug-likeness (QED) is 0.772. The topological polar surface area (TPSA) is 69.4 Å². The first-order valence-corrected chi connectivity index (χ1v) is 8.24. The molecule has 0 spiro atoms. The molecule has 0 atom stereocenters. The van der Waals surface area contributed by atoms with Crippen molar-refractivity contribution in [1.29, 1.82) is 0 Å². The number of nitrogens with zero attached hydrogens (tertiary/aromatic N) is 2. The van der Waals surface area contributed by atoms with Crippen LogP contribution >= 0.6 is 0 Å². The molecule has 0 aliphatic carbocycles. The van der Waals surface area contributed by atoms with Crippen molar-refractivity contribution in [2.75, 3.05) is 19.0 Å². The minimum Gasteiger partial charge on any atom is -0.493 e. The predicted octanol–water partition coefficient (Wildman–Crippen LogP) is 4.12. The van der Waals surface area contributed by atoms with Crippen LogP contribution in [0.3, 0.4) is 0 Å². The summed E-state index contributed by atoms with van der Waals surface area (Å²) in [6.45, 7) is 2.52. The molecule has 0 amide bonds. The zero-order chi connectivity index (χ0) is 17.2. The van der Waals surface area contributed by atoms with Gasteiger partial charge in [0.15, 0.2) is 11.5 Å². The Balaban J connectivity index is 1.57. The number of nitrogens with one attached hydrogen (secondary N) is 1. The normalized spacial score (nSPS) is 13.0. The third-order valence-corrected chi connectivity index (χ3v) is 4.15. The average molecular weight is 337 g/mol. The van der Waals surface area contributed by atoms with Gasteiger partial charge in [-0.25, -0.2) is 0 Å². The van der Waals surface area contributed by atoms with Gasteiger partial charge in [-0.05, 0) is 43.2 Å². The van der Waals surface area contributed by atoms with Gasteiger partial charge in [-0.2, -0.15) is 4.98 Å². The highest BCUT2D eigenvalue weighted by molar-refractivity contribution is 5.68. The number of aryl methyl sites for hydroxylation is 2. The fourth-order valence-electron chi connectivity index (χ4n) is 2.96. The molecule has 1 N–H and O–H groups in total. The first kappa shape index (κ1) is 15.5. The molecule has 0 unspecified atom stereocenters. The van der Waals surface area contributed by atoms with Crippen LogP contribution in [0.25, 0.3) is 11.4 Å². The molecule has 1 aliphatic rings. The van der Waals surface area contributed by atoms with Crippen LogP contribution in [0.5, 0.6) is 11.5 Å². The molecule has 6 heteroatoms. The van der Waals surface area contributed by atoms with E-state index in [1.54, 1.807) is 14.0 Å². The second-order valence-corrected chi connectivity index (χ2v) is 5.96. The number of methoxy groups -OCH3 is 1. The number of anilines is 2. The molecule has 1 aromatic heterocycles. The van der Waals surface area contributed by atoms with Gasteiger partial charge < -0.3 is 19.3 Å². The van der Waals surface area contributed by atoms with Gasteiger partial charge in [-0.1, -0.05) is 5.16 Å². The summed E-state index contributed by atoms with van der Waals surface area (Å²) >= 11 is 0. The zero-order valence-corrected chi connectivity index (χ0v) is 14.2. The molecule has 0 fully saturated rings. The standard InChI is InChI=1S/C19H19N3O3/c1-12-20-19(22-25-12)13-5-7-15(8-6-13)21-16-10-14-4-3-9-24-18(14)17(11-16)23-2/h5-8,10-11,21H,3-4,9H2,1-2H3. The van der Waals surface area contributed by atoms with E-state index in [1.807, 2.05) is 30.3 Å². The lowest BCUT2D eigenvalue weighted by molar-refractivity contribution is 0.269. The monoisotopic (exact) mass is 337 g/mol. The van der Waals surface area contributed by atoms with E-state index in [1.165, 1.54) is 5.56 Å². The van der Waals surface area contributed by atoms with Crippen LogP contribution in [0, 0.1) is 6.92 Å². The third kappa shape index (κ3) is 3.15. The van der Waals surface area contributed by atoms with Gasteiger partial charge >= 0.3 is 0 Å². The largest absolute Gasteiger partial charge is 0.493 e. The number of hydrogen-bond donors (Lipinski definition) is 1. The van der Waals surface area contributed by atoms with E-state index in [0.29, 0.717) is 11.7 Å². The Kier molecular flexibility index (Phi) is 4.01. The highest BCUT2D eigenvalue weighted by atomic mass is 16.5. The van der Waals surface area contributed by atoms with Crippen molar-refractivity contribution in [2.45, 2.75) is 19.8 Å². The van der Waals surface area contributed by atoms with E-state index < -0.39 is 0 Å². The van der Waals surface area contributed by atoms with Gasteiger partial charge in [-0.3, -0.25) is 0 Å². The number of rotatable bonds is 4. The van der Waals surface area contributed by atoms with Gasteiger partial charge in [0, 0.05) is 35.5 Å². The summed E-state index contributed by atoms with van der Waals surface area (Å²) in [6.07, 6.45) is 2.02. The van der Waals surface area contributed by atoms with Crippen LogP contribution < -0.4 is 14.8 Å². The van der Waals surface area contributed by atoms with E-state index in [9.17, 15) is 0 Å². The summed E-state index contributed by atoms with van der Waals surface area (Å²) in [4.78, 5) is 4.24. The van der Waals surface area contributed by atoms with Crippen molar-refractivity contribution in [3.63, 3.8) is 0 Å². The van der Waals surface area contributed by atoms with Crippen LogP contribution in [0.1, 0.15) is 17.9 Å². The minimum atomic E-state index is 0.556. The maximum Gasteiger partial charge on any atom is 0.223 e. The second kappa shape index (κ2) is 6.47. The Morgan fingerprint density at radius 1 is 1.12 bits per heavy atom. The molecular formula is C19H19N3O3. The molecular weight excluding hydrogens is 318 g/mol. The first-order chi connectivity index (χ1) is 12.2. The Morgan fingerprint density at radius 3 is 2.68 bits per heavy atom. The number of aromatic nitrogens is 2. The maximum atomic E-state index is 5.74. The fraction of sp³-hybridized carbons (Fsp3) is 0.263. The SMILES string of the molecule is COc1cc(Nc2ccc(-c3noc(C)n3)cc2)cc2c1OCCC2. The minimum absolute atomic E-state index is 0.556. The van der Waals surface area contributed by atoms with Crippen molar-refractivity contribution < 1.29 is 14.0 Å². The molecule has 3 aromatic rings. The number of ether oxygens (including phenoxy) is 2. The molecule has 1 aliphatic heterocycles. The second-order valence-electron chi connectivity index (χ2n) is 5.96. The van der Waals surface area contributed by atoms with E-state index in [-0.39, 0.29) is 0 Å². The summed E-state index contributed by atoms with van der Waals surface area (Å²) in [7, 11) is 1.67. The summed E-state index contributed by atoms with van der Waals surface area (Å²) in [6, 6.07) is 12.0. The number of hydrogen-bond acceptors (Lipinski definition) is 6. The zero-order valence-electron chi connectivity index (χ0n) is 14.2. The van der Waals surface area contributed by atoms with Crippen LogP contribution in [0.15, 0.2) is 40.9 Å². The molecule has 128 valence electrons. The molecule has 0 bridgehead atoms. The Labute approximate surface area is 145 Å². The third-order valence-electron chi connectivity index (χ3n) is 4.15. The van der Waals surface area contributed by atoms with Crippen LogP contribution in [-0.4, -0.2) is 23.9 Å². The van der Waals surface area contributed by atoms with E-state index in [0.717, 1.165) is 47.9 Å². The molecule has 0 radical (unpaired) electrons. The lowest BCUT2D eigenvalue weighted by Crippen LogP contribution is -2.10. The molecule has 2 aromatic carbocycles. The number of fused-ring (bicyclic) bond motifs is 1. The van der Waals surface area contributed by atoms with Crippen molar-refractivity contribution >= 4 is 11.4 Å². The molecule has 6 nitrogen and oxygen atoms in total. The molecule has 4 rings (SSSR count). The Bertz CT molecular complexity index is 870. The summed E-state index contributed by atoms with van der Waals surface area (Å²) in [5, 5.41) is 7.35. The van der Waals surface area contributed by atoms with Crippen molar-refractivity contribution in [3.8, 4) is 22.9 Å². The predicted molar refractivity (Wildman–Crippen MR) is 94.6 cm³/mol. The number of benzene rings is 2. The summed E-state index contributed by atoms with van der Waals surface area (Å²) in [5.74, 6) is 2.78. The van der Waals surface area contributed by atoms with E-state index >= 15 is 0 Å². The lowest BCUT2D eigenvalue weighted by atomic mass is 10.0. The van der Waals surface area contributed by atoms with Gasteiger partial charge in [0.05, 0.1) is 13.7 Å². The average Bonchev–Trinajstić information content (AvgIpc) is 3.08. The van der Waals surface area contributed by atoms with Gasteiger partial charge in [0.1, 0.15) is 0 Å². The van der Waals surface area contributed by atoms with Crippen molar-refractivity contribution in [2.24, 2.45) is 0 Å². The smallest absolute Gasteiger partial charge is 0.223 e. The van der Waals surface area contributed by atoms with Gasteiger partial charge in [0.25, 0.3) is 0 Å². The lowest BCUT2D eigenvalue weighted by Gasteiger charge is -2.21. The van der Waals surface area contributed by atoms with Crippen molar-refractivity contribution in [3.05, 3.63) is 47.9 Å². The van der Waals surface area contributed by atoms with Gasteiger partial charge in [-0.15, -0.1) is 0 Å². The van der Waals surface area contributed by atoms with Crippen LogP contribution in [0.2, 0.25) is 0 Å². The Hall–Kier alpha value is -3.02. The molecule has 0 saturated heterocycles. The summed E-state index contributed by atoms with van der Waals surface area (Å²) in [5.41, 5.74) is 4.04. The molecule has 2 heterocycles. The molecule has 0 saturated carbocycles.